The van der Waals surface area contributed by atoms with Gasteiger partial charge in [0.05, 0.1) is 18.9 Å². The Morgan fingerprint density at radius 1 is 1.44 bits per heavy atom. The lowest BCUT2D eigenvalue weighted by atomic mass is 10.1. The number of carbonyl (C=O) groups is 1. The van der Waals surface area contributed by atoms with Crippen molar-refractivity contribution in [2.75, 3.05) is 31.7 Å². The Kier molecular flexibility index (Phi) is 5.45. The first-order chi connectivity index (χ1) is 12.2. The predicted molar refractivity (Wildman–Crippen MR) is 93.0 cm³/mol. The summed E-state index contributed by atoms with van der Waals surface area (Å²) in [4.78, 5) is 20.2. The van der Waals surface area contributed by atoms with Gasteiger partial charge in [0.15, 0.2) is 0 Å². The van der Waals surface area contributed by atoms with Crippen LogP contribution >= 0.6 is 0 Å². The number of benzene rings is 1. The highest BCUT2D eigenvalue weighted by Crippen LogP contribution is 2.26. The predicted octanol–water partition coefficient (Wildman–Crippen LogP) is 2.69. The van der Waals surface area contributed by atoms with Gasteiger partial charge in [-0.3, -0.25) is 0 Å². The second kappa shape index (κ2) is 7.94. The lowest BCUT2D eigenvalue weighted by Crippen LogP contribution is -2.15. The van der Waals surface area contributed by atoms with E-state index in [0.29, 0.717) is 35.5 Å². The van der Waals surface area contributed by atoms with E-state index in [4.69, 9.17) is 9.47 Å². The molecule has 1 fully saturated rings. The van der Waals surface area contributed by atoms with Gasteiger partial charge in [-0.2, -0.15) is 0 Å². The number of rotatable bonds is 7. The van der Waals surface area contributed by atoms with Gasteiger partial charge in [0, 0.05) is 30.8 Å². The maximum absolute atomic E-state index is 11.5. The summed E-state index contributed by atoms with van der Waals surface area (Å²) in [6.45, 7) is 4.54. The number of carboxylic acid groups (broad SMARTS) is 1. The average molecular weight is 343 g/mol. The number of aromatic carboxylic acids is 1. The van der Waals surface area contributed by atoms with E-state index >= 15 is 0 Å². The Labute approximate surface area is 146 Å². The van der Waals surface area contributed by atoms with Crippen LogP contribution < -0.4 is 10.1 Å². The minimum atomic E-state index is -1.03. The summed E-state index contributed by atoms with van der Waals surface area (Å²) in [5.74, 6) is 0.317. The first kappa shape index (κ1) is 17.2. The molecule has 0 radical (unpaired) electrons. The monoisotopic (exact) mass is 343 g/mol. The number of nitrogens with one attached hydrogen (secondary N) is 1. The minimum Gasteiger partial charge on any atom is -0.493 e. The Balaban J connectivity index is 1.79. The van der Waals surface area contributed by atoms with Crippen LogP contribution in [-0.4, -0.2) is 47.4 Å². The number of anilines is 1. The number of hydrogen-bond acceptors (Lipinski definition) is 6. The SMILES string of the molecule is CCOc1ccc(-c2ccnc(NCC3CCOC3)n2)cc1C(=O)O. The van der Waals surface area contributed by atoms with Crippen molar-refractivity contribution >= 4 is 11.9 Å². The summed E-state index contributed by atoms with van der Waals surface area (Å²) >= 11 is 0. The molecule has 2 heterocycles. The Morgan fingerprint density at radius 3 is 3.04 bits per heavy atom. The number of aromatic nitrogens is 2. The molecule has 0 aliphatic carbocycles. The fourth-order valence-electron chi connectivity index (χ4n) is 2.72. The van der Waals surface area contributed by atoms with Gasteiger partial charge in [0.2, 0.25) is 5.95 Å². The molecule has 0 bridgehead atoms. The van der Waals surface area contributed by atoms with Crippen molar-refractivity contribution in [2.45, 2.75) is 13.3 Å². The first-order valence-corrected chi connectivity index (χ1v) is 8.32. The quantitative estimate of drug-likeness (QED) is 0.798. The molecule has 7 heteroatoms. The van der Waals surface area contributed by atoms with Crippen molar-refractivity contribution in [2.24, 2.45) is 5.92 Å². The molecule has 1 aliphatic rings. The molecule has 7 nitrogen and oxygen atoms in total. The lowest BCUT2D eigenvalue weighted by molar-refractivity contribution is 0.0692. The Morgan fingerprint density at radius 2 is 2.32 bits per heavy atom. The molecule has 2 N–H and O–H groups in total. The Hall–Kier alpha value is -2.67. The molecule has 1 unspecified atom stereocenters. The normalized spacial score (nSPS) is 16.6. The van der Waals surface area contributed by atoms with E-state index in [2.05, 4.69) is 15.3 Å². The Bertz CT molecular complexity index is 745. The van der Waals surface area contributed by atoms with E-state index in [1.165, 1.54) is 0 Å². The fourth-order valence-corrected chi connectivity index (χ4v) is 2.72. The summed E-state index contributed by atoms with van der Waals surface area (Å²) < 4.78 is 10.7. The number of hydrogen-bond donors (Lipinski definition) is 2. The summed E-state index contributed by atoms with van der Waals surface area (Å²) in [5.41, 5.74) is 1.48. The van der Waals surface area contributed by atoms with Crippen molar-refractivity contribution in [3.8, 4) is 17.0 Å². The minimum absolute atomic E-state index is 0.121. The zero-order chi connectivity index (χ0) is 17.6. The summed E-state index contributed by atoms with van der Waals surface area (Å²) in [7, 11) is 0. The van der Waals surface area contributed by atoms with Crippen molar-refractivity contribution in [1.29, 1.82) is 0 Å². The van der Waals surface area contributed by atoms with Crippen molar-refractivity contribution in [1.82, 2.24) is 9.97 Å². The zero-order valence-electron chi connectivity index (χ0n) is 14.1. The third kappa shape index (κ3) is 4.24. The van der Waals surface area contributed by atoms with Crippen LogP contribution in [0.2, 0.25) is 0 Å². The van der Waals surface area contributed by atoms with Crippen LogP contribution in [0.3, 0.4) is 0 Å². The fraction of sp³-hybridized carbons (Fsp3) is 0.389. The molecular formula is C18H21N3O4. The smallest absolute Gasteiger partial charge is 0.339 e. The zero-order valence-corrected chi connectivity index (χ0v) is 14.1. The molecule has 1 atom stereocenters. The molecule has 132 valence electrons. The van der Waals surface area contributed by atoms with Crippen LogP contribution in [-0.2, 0) is 4.74 Å². The number of ether oxygens (including phenoxy) is 2. The average Bonchev–Trinajstić information content (AvgIpc) is 3.14. The second-order valence-electron chi connectivity index (χ2n) is 5.83. The second-order valence-corrected chi connectivity index (χ2v) is 5.83. The molecule has 1 saturated heterocycles. The summed E-state index contributed by atoms with van der Waals surface area (Å²) in [5, 5.41) is 12.6. The van der Waals surface area contributed by atoms with Gasteiger partial charge >= 0.3 is 5.97 Å². The molecule has 2 aromatic rings. The van der Waals surface area contributed by atoms with Gasteiger partial charge in [0.25, 0.3) is 0 Å². The van der Waals surface area contributed by atoms with Gasteiger partial charge in [-0.05, 0) is 37.6 Å². The molecule has 3 rings (SSSR count). The number of nitrogens with zero attached hydrogens (tertiary/aromatic N) is 2. The van der Waals surface area contributed by atoms with Gasteiger partial charge in [-0.25, -0.2) is 14.8 Å². The maximum Gasteiger partial charge on any atom is 0.339 e. The maximum atomic E-state index is 11.5. The first-order valence-electron chi connectivity index (χ1n) is 8.32. The third-order valence-corrected chi connectivity index (χ3v) is 4.03. The van der Waals surface area contributed by atoms with E-state index in [9.17, 15) is 9.90 Å². The molecule has 1 aliphatic heterocycles. The van der Waals surface area contributed by atoms with E-state index in [1.54, 1.807) is 30.5 Å². The molecule has 0 spiro atoms. The van der Waals surface area contributed by atoms with Crippen molar-refractivity contribution < 1.29 is 19.4 Å². The van der Waals surface area contributed by atoms with Gasteiger partial charge in [-0.1, -0.05) is 0 Å². The highest BCUT2D eigenvalue weighted by Gasteiger charge is 2.16. The topological polar surface area (TPSA) is 93.6 Å². The third-order valence-electron chi connectivity index (χ3n) is 4.03. The molecule has 1 aromatic heterocycles. The molecular weight excluding hydrogens is 322 g/mol. The molecule has 25 heavy (non-hydrogen) atoms. The molecule has 0 saturated carbocycles. The summed E-state index contributed by atoms with van der Waals surface area (Å²) in [6.07, 6.45) is 2.69. The van der Waals surface area contributed by atoms with Crippen molar-refractivity contribution in [3.63, 3.8) is 0 Å². The lowest BCUT2D eigenvalue weighted by Gasteiger charge is -2.11. The van der Waals surface area contributed by atoms with Crippen LogP contribution in [0.1, 0.15) is 23.7 Å². The van der Waals surface area contributed by atoms with Gasteiger partial charge in [0.1, 0.15) is 11.3 Å². The van der Waals surface area contributed by atoms with Crippen LogP contribution in [0, 0.1) is 5.92 Å². The van der Waals surface area contributed by atoms with Crippen LogP contribution in [0.25, 0.3) is 11.3 Å². The summed E-state index contributed by atoms with van der Waals surface area (Å²) in [6, 6.07) is 6.79. The number of carboxylic acids is 1. The van der Waals surface area contributed by atoms with Gasteiger partial charge < -0.3 is 19.9 Å². The van der Waals surface area contributed by atoms with Crippen LogP contribution in [0.15, 0.2) is 30.5 Å². The highest BCUT2D eigenvalue weighted by atomic mass is 16.5. The largest absolute Gasteiger partial charge is 0.493 e. The highest BCUT2D eigenvalue weighted by molar-refractivity contribution is 5.92. The molecule has 0 amide bonds. The van der Waals surface area contributed by atoms with E-state index in [-0.39, 0.29) is 5.56 Å². The molecule has 1 aromatic carbocycles. The van der Waals surface area contributed by atoms with Crippen LogP contribution in [0.4, 0.5) is 5.95 Å². The van der Waals surface area contributed by atoms with E-state index < -0.39 is 5.97 Å². The van der Waals surface area contributed by atoms with E-state index in [1.807, 2.05) is 6.92 Å². The standard InChI is InChI=1S/C18H21N3O4/c1-2-25-16-4-3-13(9-14(16)17(22)23)15-5-7-19-18(21-15)20-10-12-6-8-24-11-12/h3-5,7,9,12H,2,6,8,10-11H2,1H3,(H,22,23)(H,19,20,21). The van der Waals surface area contributed by atoms with Crippen molar-refractivity contribution in [3.05, 3.63) is 36.0 Å². The van der Waals surface area contributed by atoms with Crippen LogP contribution in [0.5, 0.6) is 5.75 Å². The van der Waals surface area contributed by atoms with E-state index in [0.717, 1.165) is 26.2 Å². The van der Waals surface area contributed by atoms with Gasteiger partial charge in [-0.15, -0.1) is 0 Å².